The summed E-state index contributed by atoms with van der Waals surface area (Å²) in [4.78, 5) is 13.7. The van der Waals surface area contributed by atoms with Crippen LogP contribution in [-0.2, 0) is 22.5 Å². The molecule has 4 nitrogen and oxygen atoms in total. The highest BCUT2D eigenvalue weighted by Gasteiger charge is 2.32. The van der Waals surface area contributed by atoms with Gasteiger partial charge in [0.2, 0.25) is 0 Å². The Morgan fingerprint density at radius 1 is 1.35 bits per heavy atom. The number of rotatable bonds is 3. The summed E-state index contributed by atoms with van der Waals surface area (Å²) in [6.07, 6.45) is 2.84. The molecule has 2 aliphatic rings. The molecule has 3 rings (SSSR count). The fourth-order valence-corrected chi connectivity index (χ4v) is 3.30. The van der Waals surface area contributed by atoms with Crippen molar-refractivity contribution in [1.29, 1.82) is 0 Å². The number of ether oxygens (including phenoxy) is 1. The monoisotopic (exact) mass is 275 g/mol. The maximum absolute atomic E-state index is 11.5. The van der Waals surface area contributed by atoms with E-state index in [0.717, 1.165) is 39.1 Å². The number of fused-ring (bicyclic) bond motifs is 1. The lowest BCUT2D eigenvalue weighted by Crippen LogP contribution is -2.48. The van der Waals surface area contributed by atoms with Crippen LogP contribution in [0.2, 0.25) is 0 Å². The fraction of sp³-hybridized carbons (Fsp3) is 0.562. The Bertz CT molecular complexity index is 482. The minimum atomic E-state index is -0.712. The van der Waals surface area contributed by atoms with Gasteiger partial charge in [-0.25, -0.2) is 0 Å². The molecule has 0 bridgehead atoms. The van der Waals surface area contributed by atoms with E-state index < -0.39 is 12.0 Å². The summed E-state index contributed by atoms with van der Waals surface area (Å²) in [7, 11) is 0. The van der Waals surface area contributed by atoms with Crippen molar-refractivity contribution < 1.29 is 14.6 Å². The van der Waals surface area contributed by atoms with Gasteiger partial charge in [0.15, 0.2) is 0 Å². The van der Waals surface area contributed by atoms with Crippen molar-refractivity contribution in [2.75, 3.05) is 19.8 Å². The normalized spacial score (nSPS) is 27.0. The molecule has 0 saturated carbocycles. The maximum atomic E-state index is 11.5. The molecule has 108 valence electrons. The zero-order valence-corrected chi connectivity index (χ0v) is 11.6. The standard InChI is InChI=1S/C16H21NO3/c18-16(19)15-8-13-5-1-2-6-14(13)10-17(15)9-12-4-3-7-20-11-12/h1-2,5-6,12,15H,3-4,7-11H2,(H,18,19). The molecule has 1 saturated heterocycles. The van der Waals surface area contributed by atoms with E-state index in [-0.39, 0.29) is 0 Å². The summed E-state index contributed by atoms with van der Waals surface area (Å²) in [5.41, 5.74) is 2.44. The summed E-state index contributed by atoms with van der Waals surface area (Å²) in [6, 6.07) is 7.78. The lowest BCUT2D eigenvalue weighted by atomic mass is 9.92. The van der Waals surface area contributed by atoms with Gasteiger partial charge in [-0.05, 0) is 36.3 Å². The second-order valence-corrected chi connectivity index (χ2v) is 5.84. The van der Waals surface area contributed by atoms with Gasteiger partial charge in [-0.1, -0.05) is 24.3 Å². The number of carboxylic acid groups (broad SMARTS) is 1. The quantitative estimate of drug-likeness (QED) is 0.915. The van der Waals surface area contributed by atoms with Crippen LogP contribution in [0.15, 0.2) is 24.3 Å². The third-order valence-electron chi connectivity index (χ3n) is 4.38. The molecule has 0 radical (unpaired) electrons. The minimum absolute atomic E-state index is 0.396. The number of carbonyl (C=O) groups is 1. The molecule has 2 atom stereocenters. The van der Waals surface area contributed by atoms with Crippen molar-refractivity contribution >= 4 is 5.97 Å². The molecule has 0 spiro atoms. The lowest BCUT2D eigenvalue weighted by Gasteiger charge is -2.37. The summed E-state index contributed by atoms with van der Waals surface area (Å²) in [5, 5.41) is 9.49. The van der Waals surface area contributed by atoms with Crippen LogP contribution in [0.4, 0.5) is 0 Å². The van der Waals surface area contributed by atoms with E-state index >= 15 is 0 Å². The highest BCUT2D eigenvalue weighted by atomic mass is 16.5. The van der Waals surface area contributed by atoms with Gasteiger partial charge in [0.05, 0.1) is 6.61 Å². The third kappa shape index (κ3) is 2.86. The lowest BCUT2D eigenvalue weighted by molar-refractivity contribution is -0.144. The smallest absolute Gasteiger partial charge is 0.321 e. The Morgan fingerprint density at radius 2 is 2.15 bits per heavy atom. The van der Waals surface area contributed by atoms with Crippen LogP contribution >= 0.6 is 0 Å². The Kier molecular flexibility index (Phi) is 4.03. The van der Waals surface area contributed by atoms with Crippen LogP contribution in [-0.4, -0.2) is 41.8 Å². The van der Waals surface area contributed by atoms with E-state index in [4.69, 9.17) is 4.74 Å². The van der Waals surface area contributed by atoms with Gasteiger partial charge in [0, 0.05) is 19.7 Å². The van der Waals surface area contributed by atoms with Crippen molar-refractivity contribution in [1.82, 2.24) is 4.90 Å². The van der Waals surface area contributed by atoms with Gasteiger partial charge in [0.25, 0.3) is 0 Å². The molecule has 1 fully saturated rings. The molecule has 1 aromatic rings. The van der Waals surface area contributed by atoms with E-state index in [9.17, 15) is 9.90 Å². The van der Waals surface area contributed by atoms with Gasteiger partial charge in [0.1, 0.15) is 6.04 Å². The number of nitrogens with zero attached hydrogens (tertiary/aromatic N) is 1. The number of benzene rings is 1. The molecule has 20 heavy (non-hydrogen) atoms. The topological polar surface area (TPSA) is 49.8 Å². The van der Waals surface area contributed by atoms with E-state index in [0.29, 0.717) is 12.3 Å². The molecule has 2 heterocycles. The van der Waals surface area contributed by atoms with Gasteiger partial charge in [-0.2, -0.15) is 0 Å². The average molecular weight is 275 g/mol. The second-order valence-electron chi connectivity index (χ2n) is 5.84. The third-order valence-corrected chi connectivity index (χ3v) is 4.38. The minimum Gasteiger partial charge on any atom is -0.480 e. The van der Waals surface area contributed by atoms with E-state index in [1.165, 1.54) is 11.1 Å². The van der Waals surface area contributed by atoms with Gasteiger partial charge in [-0.3, -0.25) is 9.69 Å². The maximum Gasteiger partial charge on any atom is 0.321 e. The van der Waals surface area contributed by atoms with E-state index in [1.807, 2.05) is 18.2 Å². The summed E-state index contributed by atoms with van der Waals surface area (Å²) >= 11 is 0. The molecule has 0 aliphatic carbocycles. The Balaban J connectivity index is 1.75. The van der Waals surface area contributed by atoms with Crippen molar-refractivity contribution in [2.45, 2.75) is 31.8 Å². The van der Waals surface area contributed by atoms with Gasteiger partial charge in [-0.15, -0.1) is 0 Å². The van der Waals surface area contributed by atoms with Crippen LogP contribution in [0.5, 0.6) is 0 Å². The Labute approximate surface area is 119 Å². The van der Waals surface area contributed by atoms with Crippen LogP contribution in [0.3, 0.4) is 0 Å². The van der Waals surface area contributed by atoms with E-state index in [1.54, 1.807) is 0 Å². The van der Waals surface area contributed by atoms with Crippen molar-refractivity contribution in [3.05, 3.63) is 35.4 Å². The number of hydrogen-bond acceptors (Lipinski definition) is 3. The second kappa shape index (κ2) is 5.94. The molecule has 0 amide bonds. The van der Waals surface area contributed by atoms with Crippen molar-refractivity contribution in [3.63, 3.8) is 0 Å². The molecule has 0 aromatic heterocycles. The van der Waals surface area contributed by atoms with Crippen LogP contribution in [0.1, 0.15) is 24.0 Å². The molecule has 2 aliphatic heterocycles. The number of aliphatic carboxylic acids is 1. The largest absolute Gasteiger partial charge is 0.480 e. The highest BCUT2D eigenvalue weighted by Crippen LogP contribution is 2.26. The molecule has 2 unspecified atom stereocenters. The first-order chi connectivity index (χ1) is 9.74. The van der Waals surface area contributed by atoms with Crippen molar-refractivity contribution in [2.24, 2.45) is 5.92 Å². The van der Waals surface area contributed by atoms with Crippen molar-refractivity contribution in [3.8, 4) is 0 Å². The Morgan fingerprint density at radius 3 is 2.85 bits per heavy atom. The van der Waals surface area contributed by atoms with Gasteiger partial charge < -0.3 is 9.84 Å². The average Bonchev–Trinajstić information content (AvgIpc) is 2.47. The summed E-state index contributed by atoms with van der Waals surface area (Å²) in [6.45, 7) is 3.18. The molecule has 1 aromatic carbocycles. The first-order valence-electron chi connectivity index (χ1n) is 7.35. The molecular weight excluding hydrogens is 254 g/mol. The van der Waals surface area contributed by atoms with Crippen LogP contribution in [0.25, 0.3) is 0 Å². The van der Waals surface area contributed by atoms with Crippen LogP contribution in [0, 0.1) is 5.92 Å². The number of hydrogen-bond donors (Lipinski definition) is 1. The van der Waals surface area contributed by atoms with E-state index in [2.05, 4.69) is 11.0 Å². The fourth-order valence-electron chi connectivity index (χ4n) is 3.30. The SMILES string of the molecule is O=C(O)C1Cc2ccccc2CN1CC1CCCOC1. The predicted molar refractivity (Wildman–Crippen MR) is 75.5 cm³/mol. The highest BCUT2D eigenvalue weighted by molar-refractivity contribution is 5.74. The zero-order chi connectivity index (χ0) is 13.9. The predicted octanol–water partition coefficient (Wildman–Crippen LogP) is 1.92. The zero-order valence-electron chi connectivity index (χ0n) is 11.6. The van der Waals surface area contributed by atoms with Gasteiger partial charge >= 0.3 is 5.97 Å². The molecular formula is C16H21NO3. The summed E-state index contributed by atoms with van der Waals surface area (Å²) in [5.74, 6) is -0.243. The summed E-state index contributed by atoms with van der Waals surface area (Å²) < 4.78 is 5.51. The molecule has 4 heteroatoms. The van der Waals surface area contributed by atoms with Crippen LogP contribution < -0.4 is 0 Å². The molecule has 1 N–H and O–H groups in total. The first kappa shape index (κ1) is 13.6. The Hall–Kier alpha value is -1.39. The first-order valence-corrected chi connectivity index (χ1v) is 7.35. The number of carboxylic acids is 1.